The van der Waals surface area contributed by atoms with E-state index >= 15 is 0 Å². The normalized spacial score (nSPS) is 14.6. The van der Waals surface area contributed by atoms with Crippen molar-refractivity contribution in [2.75, 3.05) is 31.9 Å². The van der Waals surface area contributed by atoms with Crippen LogP contribution >= 0.6 is 0 Å². The Morgan fingerprint density at radius 2 is 1.76 bits per heavy atom. The number of hydrogen-bond donors (Lipinski definition) is 2. The molecule has 2 aliphatic heterocycles. The van der Waals surface area contributed by atoms with Crippen molar-refractivity contribution in [1.29, 1.82) is 0 Å². The number of aryl methyl sites for hydroxylation is 1. The minimum Gasteiger partial charge on any atom is -0.490 e. The monoisotopic (exact) mass is 449 g/mol. The van der Waals surface area contributed by atoms with Gasteiger partial charge in [0.25, 0.3) is 0 Å². The highest BCUT2D eigenvalue weighted by molar-refractivity contribution is 5.94. The van der Waals surface area contributed by atoms with E-state index in [1.807, 2.05) is 49.8 Å². The molecule has 172 valence electrons. The predicted octanol–water partition coefficient (Wildman–Crippen LogP) is 3.11. The van der Waals surface area contributed by atoms with Gasteiger partial charge in [0, 0.05) is 43.5 Å². The third-order valence-electron chi connectivity index (χ3n) is 5.33. The van der Waals surface area contributed by atoms with Crippen LogP contribution in [0.1, 0.15) is 17.5 Å². The molecule has 0 aliphatic carbocycles. The van der Waals surface area contributed by atoms with E-state index in [0.29, 0.717) is 32.3 Å². The number of anilines is 1. The Hall–Kier alpha value is -3.88. The maximum atomic E-state index is 5.82. The first-order valence-electron chi connectivity index (χ1n) is 11.0. The molecule has 2 aliphatic rings. The van der Waals surface area contributed by atoms with Crippen LogP contribution in [0.25, 0.3) is 0 Å². The second-order valence-electron chi connectivity index (χ2n) is 7.89. The number of benzene rings is 2. The van der Waals surface area contributed by atoms with Crippen LogP contribution in [0, 0.1) is 0 Å². The lowest BCUT2D eigenvalue weighted by Crippen LogP contribution is -2.32. The molecule has 33 heavy (non-hydrogen) atoms. The molecule has 0 amide bonds. The molecule has 0 saturated carbocycles. The van der Waals surface area contributed by atoms with Gasteiger partial charge in [0.1, 0.15) is 0 Å². The highest BCUT2D eigenvalue weighted by Crippen LogP contribution is 2.33. The zero-order chi connectivity index (χ0) is 22.5. The average molecular weight is 450 g/mol. The summed E-state index contributed by atoms with van der Waals surface area (Å²) in [7, 11) is 1.90. The first kappa shape index (κ1) is 21.0. The summed E-state index contributed by atoms with van der Waals surface area (Å²) in [6.45, 7) is 2.80. The topological polar surface area (TPSA) is 91.2 Å². The molecule has 1 aromatic heterocycles. The number of fused-ring (bicyclic) bond motifs is 2. The number of aliphatic imine (C=N–C) groups is 1. The van der Waals surface area contributed by atoms with Crippen molar-refractivity contribution < 1.29 is 18.9 Å². The standard InChI is InChI=1S/C24H27N5O4/c1-29-15-18(14-27-29)13-26-24(25-8-7-17-3-5-21-22(11-17)33-16-32-21)28-19-4-6-20-23(12-19)31-10-2-9-30-20/h3-6,11-12,14-15H,2,7-10,13,16H2,1H3,(H2,25,26,28). The number of rotatable bonds is 6. The van der Waals surface area contributed by atoms with Crippen molar-refractivity contribution in [2.24, 2.45) is 12.0 Å². The Morgan fingerprint density at radius 1 is 0.970 bits per heavy atom. The highest BCUT2D eigenvalue weighted by atomic mass is 16.7. The lowest BCUT2D eigenvalue weighted by atomic mass is 10.1. The van der Waals surface area contributed by atoms with Crippen LogP contribution in [-0.4, -0.2) is 42.3 Å². The van der Waals surface area contributed by atoms with E-state index in [-0.39, 0.29) is 6.79 Å². The van der Waals surface area contributed by atoms with Crippen molar-refractivity contribution in [3.8, 4) is 23.0 Å². The molecule has 0 radical (unpaired) electrons. The van der Waals surface area contributed by atoms with Gasteiger partial charge in [-0.15, -0.1) is 0 Å². The summed E-state index contributed by atoms with van der Waals surface area (Å²) >= 11 is 0. The van der Waals surface area contributed by atoms with Crippen LogP contribution in [0.2, 0.25) is 0 Å². The Balaban J connectivity index is 1.27. The van der Waals surface area contributed by atoms with Crippen LogP contribution in [0.15, 0.2) is 53.8 Å². The lowest BCUT2D eigenvalue weighted by Gasteiger charge is -2.15. The number of hydrogen-bond acceptors (Lipinski definition) is 6. The van der Waals surface area contributed by atoms with Crippen LogP contribution in [0.5, 0.6) is 23.0 Å². The largest absolute Gasteiger partial charge is 0.490 e. The third kappa shape index (κ3) is 5.31. The molecule has 9 nitrogen and oxygen atoms in total. The van der Waals surface area contributed by atoms with Crippen LogP contribution in [0.4, 0.5) is 5.69 Å². The summed E-state index contributed by atoms with van der Waals surface area (Å²) in [5, 5.41) is 11.0. The van der Waals surface area contributed by atoms with E-state index in [4.69, 9.17) is 23.9 Å². The van der Waals surface area contributed by atoms with E-state index in [1.54, 1.807) is 4.68 Å². The molecule has 0 bridgehead atoms. The molecule has 5 rings (SSSR count). The van der Waals surface area contributed by atoms with Gasteiger partial charge in [0.15, 0.2) is 29.0 Å². The number of nitrogens with one attached hydrogen (secondary N) is 2. The summed E-state index contributed by atoms with van der Waals surface area (Å²) in [5.41, 5.74) is 3.07. The molecule has 0 fully saturated rings. The van der Waals surface area contributed by atoms with Gasteiger partial charge in [-0.3, -0.25) is 4.68 Å². The van der Waals surface area contributed by atoms with Gasteiger partial charge in [-0.1, -0.05) is 6.07 Å². The first-order valence-corrected chi connectivity index (χ1v) is 11.0. The summed E-state index contributed by atoms with van der Waals surface area (Å²) < 4.78 is 24.2. The van der Waals surface area contributed by atoms with Crippen molar-refractivity contribution in [1.82, 2.24) is 15.1 Å². The molecule has 0 spiro atoms. The molecule has 3 aromatic rings. The maximum Gasteiger partial charge on any atom is 0.231 e. The van der Waals surface area contributed by atoms with E-state index < -0.39 is 0 Å². The molecule has 0 saturated heterocycles. The van der Waals surface area contributed by atoms with Crippen molar-refractivity contribution >= 4 is 11.6 Å². The van der Waals surface area contributed by atoms with E-state index in [1.165, 1.54) is 0 Å². The maximum absolute atomic E-state index is 5.82. The lowest BCUT2D eigenvalue weighted by molar-refractivity contribution is 0.174. The SMILES string of the molecule is Cn1cc(CN=C(NCCc2ccc3c(c2)OCO3)Nc2ccc3c(c2)OCCCO3)cn1. The van der Waals surface area contributed by atoms with Gasteiger partial charge >= 0.3 is 0 Å². The minimum absolute atomic E-state index is 0.279. The van der Waals surface area contributed by atoms with Gasteiger partial charge in [-0.05, 0) is 36.2 Å². The van der Waals surface area contributed by atoms with Crippen molar-refractivity contribution in [3.05, 3.63) is 59.9 Å². The van der Waals surface area contributed by atoms with Gasteiger partial charge in [-0.25, -0.2) is 4.99 Å². The molecular weight excluding hydrogens is 422 g/mol. The highest BCUT2D eigenvalue weighted by Gasteiger charge is 2.14. The molecule has 3 heterocycles. The number of nitrogens with zero attached hydrogens (tertiary/aromatic N) is 3. The fourth-order valence-electron chi connectivity index (χ4n) is 3.66. The number of aromatic nitrogens is 2. The average Bonchev–Trinajstić information content (AvgIpc) is 3.39. The van der Waals surface area contributed by atoms with Gasteiger partial charge in [0.2, 0.25) is 6.79 Å². The fourth-order valence-corrected chi connectivity index (χ4v) is 3.66. The zero-order valence-corrected chi connectivity index (χ0v) is 18.5. The first-order chi connectivity index (χ1) is 16.2. The molecule has 0 atom stereocenters. The van der Waals surface area contributed by atoms with E-state index in [9.17, 15) is 0 Å². The summed E-state index contributed by atoms with van der Waals surface area (Å²) in [4.78, 5) is 4.75. The molecular formula is C24H27N5O4. The molecule has 0 unspecified atom stereocenters. The second kappa shape index (κ2) is 9.72. The quantitative estimate of drug-likeness (QED) is 0.441. The van der Waals surface area contributed by atoms with Crippen LogP contribution in [0.3, 0.4) is 0 Å². The number of guanidine groups is 1. The van der Waals surface area contributed by atoms with Crippen LogP contribution < -0.4 is 29.6 Å². The Kier molecular flexibility index (Phi) is 6.19. The molecule has 2 N–H and O–H groups in total. The van der Waals surface area contributed by atoms with Crippen molar-refractivity contribution in [3.63, 3.8) is 0 Å². The van der Waals surface area contributed by atoms with E-state index in [2.05, 4.69) is 21.8 Å². The van der Waals surface area contributed by atoms with Crippen LogP contribution in [-0.2, 0) is 20.0 Å². The smallest absolute Gasteiger partial charge is 0.231 e. The summed E-state index contributed by atoms with van der Waals surface area (Å²) in [5.74, 6) is 3.77. The second-order valence-corrected chi connectivity index (χ2v) is 7.89. The summed E-state index contributed by atoms with van der Waals surface area (Å²) in [6, 6.07) is 11.9. The Bertz CT molecular complexity index is 1140. The van der Waals surface area contributed by atoms with Gasteiger partial charge < -0.3 is 29.6 Å². The Morgan fingerprint density at radius 3 is 2.64 bits per heavy atom. The van der Waals surface area contributed by atoms with E-state index in [0.717, 1.165) is 52.7 Å². The van der Waals surface area contributed by atoms with Crippen molar-refractivity contribution in [2.45, 2.75) is 19.4 Å². The zero-order valence-electron chi connectivity index (χ0n) is 18.5. The Labute approximate surface area is 192 Å². The predicted molar refractivity (Wildman–Crippen MR) is 124 cm³/mol. The molecule has 9 heteroatoms. The fraction of sp³-hybridized carbons (Fsp3) is 0.333. The van der Waals surface area contributed by atoms with Gasteiger partial charge in [0.05, 0.1) is 26.0 Å². The third-order valence-corrected chi connectivity index (χ3v) is 5.33. The molecule has 2 aromatic carbocycles. The number of ether oxygens (including phenoxy) is 4. The van der Waals surface area contributed by atoms with Gasteiger partial charge in [-0.2, -0.15) is 5.10 Å². The minimum atomic E-state index is 0.279. The summed E-state index contributed by atoms with van der Waals surface area (Å²) in [6.07, 6.45) is 5.46.